The Morgan fingerprint density at radius 2 is 1.70 bits per heavy atom. The molecule has 2 rings (SSSR count). The van der Waals surface area contributed by atoms with Gasteiger partial charge in [0, 0.05) is 30.6 Å². The highest BCUT2D eigenvalue weighted by molar-refractivity contribution is 9.09. The van der Waals surface area contributed by atoms with Gasteiger partial charge in [0.15, 0.2) is 0 Å². The van der Waals surface area contributed by atoms with Crippen molar-refractivity contribution in [3.05, 3.63) is 0 Å². The molecule has 20 heavy (non-hydrogen) atoms. The van der Waals surface area contributed by atoms with E-state index in [-0.39, 0.29) is 24.7 Å². The Labute approximate surface area is 128 Å². The number of alkyl halides is 3. The van der Waals surface area contributed by atoms with Gasteiger partial charge in [0.25, 0.3) is 0 Å². The average Bonchev–Trinajstić information content (AvgIpc) is 2.45. The van der Waals surface area contributed by atoms with Crippen molar-refractivity contribution < 1.29 is 13.6 Å². The van der Waals surface area contributed by atoms with E-state index >= 15 is 0 Å². The molecular formula is C15H24BrF2NO. The molecule has 0 aromatic heterocycles. The van der Waals surface area contributed by atoms with Crippen molar-refractivity contribution in [2.24, 2.45) is 17.8 Å². The van der Waals surface area contributed by atoms with Crippen molar-refractivity contribution in [3.8, 4) is 0 Å². The Balaban J connectivity index is 1.74. The second-order valence-corrected chi connectivity index (χ2v) is 6.98. The minimum Gasteiger partial charge on any atom is -0.356 e. The van der Waals surface area contributed by atoms with E-state index in [4.69, 9.17) is 0 Å². The van der Waals surface area contributed by atoms with E-state index in [1.54, 1.807) is 0 Å². The van der Waals surface area contributed by atoms with E-state index < -0.39 is 5.92 Å². The summed E-state index contributed by atoms with van der Waals surface area (Å²) < 4.78 is 26.2. The molecule has 1 N–H and O–H groups in total. The summed E-state index contributed by atoms with van der Waals surface area (Å²) in [5, 5.41) is 4.00. The van der Waals surface area contributed by atoms with E-state index in [1.165, 1.54) is 25.7 Å². The summed E-state index contributed by atoms with van der Waals surface area (Å²) in [5.41, 5.74) is 0. The Hall–Kier alpha value is -0.190. The first-order valence-electron chi connectivity index (χ1n) is 7.73. The van der Waals surface area contributed by atoms with Crippen LogP contribution in [0.2, 0.25) is 0 Å². The zero-order valence-corrected chi connectivity index (χ0v) is 13.4. The van der Waals surface area contributed by atoms with Gasteiger partial charge in [0.05, 0.1) is 0 Å². The number of hydrogen-bond donors (Lipinski definition) is 1. The fourth-order valence-corrected chi connectivity index (χ4v) is 4.29. The zero-order chi connectivity index (χ0) is 14.6. The lowest BCUT2D eigenvalue weighted by atomic mass is 9.80. The largest absolute Gasteiger partial charge is 0.356 e. The SMILES string of the molecule is O=C(NCC1CCCCC1CBr)C1CCC(F)(F)CC1. The molecule has 0 heterocycles. The van der Waals surface area contributed by atoms with E-state index in [9.17, 15) is 13.6 Å². The molecule has 2 aliphatic rings. The smallest absolute Gasteiger partial charge is 0.248 e. The summed E-state index contributed by atoms with van der Waals surface area (Å²) in [6.45, 7) is 0.710. The molecule has 0 aromatic rings. The predicted octanol–water partition coefficient (Wildman–Crippen LogP) is 4.13. The number of rotatable bonds is 4. The molecule has 2 saturated carbocycles. The lowest BCUT2D eigenvalue weighted by molar-refractivity contribution is -0.129. The summed E-state index contributed by atoms with van der Waals surface area (Å²) in [7, 11) is 0. The molecule has 2 nitrogen and oxygen atoms in total. The highest BCUT2D eigenvalue weighted by Crippen LogP contribution is 2.36. The topological polar surface area (TPSA) is 29.1 Å². The lowest BCUT2D eigenvalue weighted by Gasteiger charge is -2.32. The second-order valence-electron chi connectivity index (χ2n) is 6.33. The highest BCUT2D eigenvalue weighted by atomic mass is 79.9. The van der Waals surface area contributed by atoms with Gasteiger partial charge < -0.3 is 5.32 Å². The molecule has 1 amide bonds. The molecular weight excluding hydrogens is 328 g/mol. The van der Waals surface area contributed by atoms with Crippen molar-refractivity contribution in [1.82, 2.24) is 5.32 Å². The molecule has 116 valence electrons. The van der Waals surface area contributed by atoms with Gasteiger partial charge in [-0.05, 0) is 37.5 Å². The number of amides is 1. The lowest BCUT2D eigenvalue weighted by Crippen LogP contribution is -2.40. The van der Waals surface area contributed by atoms with Crippen molar-refractivity contribution in [3.63, 3.8) is 0 Å². The Bertz CT molecular complexity index is 328. The van der Waals surface area contributed by atoms with Gasteiger partial charge >= 0.3 is 0 Å². The molecule has 0 aromatic carbocycles. The maximum atomic E-state index is 13.1. The van der Waals surface area contributed by atoms with Crippen molar-refractivity contribution in [2.45, 2.75) is 57.3 Å². The molecule has 2 fully saturated rings. The highest BCUT2D eigenvalue weighted by Gasteiger charge is 2.37. The fraction of sp³-hybridized carbons (Fsp3) is 0.933. The van der Waals surface area contributed by atoms with Crippen molar-refractivity contribution in [1.29, 1.82) is 0 Å². The molecule has 0 radical (unpaired) electrons. The molecule has 5 heteroatoms. The van der Waals surface area contributed by atoms with Gasteiger partial charge in [-0.25, -0.2) is 8.78 Å². The first kappa shape index (κ1) is 16.2. The van der Waals surface area contributed by atoms with E-state index in [0.717, 1.165) is 5.33 Å². The van der Waals surface area contributed by atoms with Crippen LogP contribution in [0.15, 0.2) is 0 Å². The number of carbonyl (C=O) groups excluding carboxylic acids is 1. The van der Waals surface area contributed by atoms with Gasteiger partial charge in [0.2, 0.25) is 11.8 Å². The molecule has 2 aliphatic carbocycles. The van der Waals surface area contributed by atoms with Gasteiger partial charge in [-0.15, -0.1) is 0 Å². The van der Waals surface area contributed by atoms with Crippen LogP contribution in [0.25, 0.3) is 0 Å². The summed E-state index contributed by atoms with van der Waals surface area (Å²) in [6, 6.07) is 0. The standard InChI is InChI=1S/C15H24BrF2NO/c16-9-12-3-1-2-4-13(12)10-19-14(20)11-5-7-15(17,18)8-6-11/h11-13H,1-10H2,(H,19,20). The predicted molar refractivity (Wildman–Crippen MR) is 79.2 cm³/mol. The number of carbonyl (C=O) groups is 1. The van der Waals surface area contributed by atoms with Crippen LogP contribution in [-0.2, 0) is 4.79 Å². The summed E-state index contributed by atoms with van der Waals surface area (Å²) in [4.78, 5) is 12.1. The third kappa shape index (κ3) is 4.40. The van der Waals surface area contributed by atoms with Crippen LogP contribution in [0.3, 0.4) is 0 Å². The Morgan fingerprint density at radius 3 is 2.30 bits per heavy atom. The van der Waals surface area contributed by atoms with E-state index in [2.05, 4.69) is 21.2 Å². The van der Waals surface area contributed by atoms with Crippen LogP contribution >= 0.6 is 15.9 Å². The van der Waals surface area contributed by atoms with Gasteiger partial charge in [0.1, 0.15) is 0 Å². The molecule has 0 spiro atoms. The number of nitrogens with one attached hydrogen (secondary N) is 1. The minimum atomic E-state index is -2.55. The Morgan fingerprint density at radius 1 is 1.10 bits per heavy atom. The number of hydrogen-bond acceptors (Lipinski definition) is 1. The van der Waals surface area contributed by atoms with Crippen LogP contribution in [0.4, 0.5) is 8.78 Å². The minimum absolute atomic E-state index is 0.0144. The third-order valence-corrected chi connectivity index (χ3v) is 5.72. The van der Waals surface area contributed by atoms with Crippen LogP contribution in [-0.4, -0.2) is 23.7 Å². The van der Waals surface area contributed by atoms with Crippen LogP contribution in [0, 0.1) is 17.8 Å². The van der Waals surface area contributed by atoms with E-state index in [1.807, 2.05) is 0 Å². The maximum Gasteiger partial charge on any atom is 0.248 e. The van der Waals surface area contributed by atoms with Crippen LogP contribution < -0.4 is 5.32 Å². The van der Waals surface area contributed by atoms with Gasteiger partial charge in [-0.1, -0.05) is 28.8 Å². The second kappa shape index (κ2) is 7.19. The Kier molecular flexibility index (Phi) is 5.82. The van der Waals surface area contributed by atoms with Crippen molar-refractivity contribution >= 4 is 21.8 Å². The first-order valence-corrected chi connectivity index (χ1v) is 8.85. The summed E-state index contributed by atoms with van der Waals surface area (Å²) in [6.07, 6.45) is 5.27. The normalized spacial score (nSPS) is 30.9. The molecule has 0 saturated heterocycles. The maximum absolute atomic E-state index is 13.1. The monoisotopic (exact) mass is 351 g/mol. The van der Waals surface area contributed by atoms with Crippen LogP contribution in [0.1, 0.15) is 51.4 Å². The summed E-state index contributed by atoms with van der Waals surface area (Å²) in [5.74, 6) is -1.60. The third-order valence-electron chi connectivity index (χ3n) is 4.89. The average molecular weight is 352 g/mol. The summed E-state index contributed by atoms with van der Waals surface area (Å²) >= 11 is 3.55. The first-order chi connectivity index (χ1) is 9.52. The van der Waals surface area contributed by atoms with Crippen LogP contribution in [0.5, 0.6) is 0 Å². The fourth-order valence-electron chi connectivity index (χ4n) is 3.43. The molecule has 0 aliphatic heterocycles. The number of halogens is 3. The molecule has 2 unspecified atom stereocenters. The van der Waals surface area contributed by atoms with Crippen molar-refractivity contribution in [2.75, 3.05) is 11.9 Å². The molecule has 0 bridgehead atoms. The van der Waals surface area contributed by atoms with Gasteiger partial charge in [-0.2, -0.15) is 0 Å². The van der Waals surface area contributed by atoms with Gasteiger partial charge in [-0.3, -0.25) is 4.79 Å². The van der Waals surface area contributed by atoms with E-state index in [0.29, 0.717) is 31.2 Å². The molecule has 2 atom stereocenters. The zero-order valence-electron chi connectivity index (χ0n) is 11.8. The quantitative estimate of drug-likeness (QED) is 0.758.